The van der Waals surface area contributed by atoms with Gasteiger partial charge in [-0.25, -0.2) is 4.98 Å². The van der Waals surface area contributed by atoms with Crippen molar-refractivity contribution in [3.63, 3.8) is 0 Å². The Bertz CT molecular complexity index is 332. The zero-order chi connectivity index (χ0) is 11.5. The molecule has 1 aromatic heterocycles. The molecule has 1 unspecified atom stereocenters. The second kappa shape index (κ2) is 4.83. The van der Waals surface area contributed by atoms with Gasteiger partial charge in [-0.15, -0.1) is 0 Å². The van der Waals surface area contributed by atoms with Gasteiger partial charge < -0.3 is 10.6 Å². The van der Waals surface area contributed by atoms with Crippen molar-refractivity contribution in [2.24, 2.45) is 11.7 Å². The molecule has 1 aliphatic rings. The summed E-state index contributed by atoms with van der Waals surface area (Å²) in [6, 6.07) is 4.25. The molecule has 0 radical (unpaired) electrons. The fourth-order valence-corrected chi connectivity index (χ4v) is 2.25. The van der Waals surface area contributed by atoms with Gasteiger partial charge in [0.25, 0.3) is 0 Å². The summed E-state index contributed by atoms with van der Waals surface area (Å²) in [5.74, 6) is 1.87. The van der Waals surface area contributed by atoms with Gasteiger partial charge in [0, 0.05) is 25.3 Å². The average Bonchev–Trinajstić information content (AvgIpc) is 2.29. The molecule has 2 N–H and O–H groups in total. The van der Waals surface area contributed by atoms with Crippen LogP contribution >= 0.6 is 0 Å². The third-order valence-electron chi connectivity index (χ3n) is 3.28. The Morgan fingerprint density at radius 3 is 2.88 bits per heavy atom. The second-order valence-electron chi connectivity index (χ2n) is 4.93. The number of hydrogen-bond acceptors (Lipinski definition) is 3. The van der Waals surface area contributed by atoms with E-state index < -0.39 is 0 Å². The van der Waals surface area contributed by atoms with E-state index in [4.69, 9.17) is 5.73 Å². The highest BCUT2D eigenvalue weighted by atomic mass is 15.2. The number of hydrogen-bond donors (Lipinski definition) is 1. The van der Waals surface area contributed by atoms with Crippen LogP contribution in [0.2, 0.25) is 0 Å². The van der Waals surface area contributed by atoms with E-state index in [2.05, 4.69) is 28.9 Å². The topological polar surface area (TPSA) is 42.1 Å². The highest BCUT2D eigenvalue weighted by Crippen LogP contribution is 2.21. The molecular formula is C13H21N3. The smallest absolute Gasteiger partial charge is 0.128 e. The molecule has 0 bridgehead atoms. The minimum Gasteiger partial charge on any atom is -0.356 e. The van der Waals surface area contributed by atoms with Crippen LogP contribution in [0.25, 0.3) is 0 Å². The monoisotopic (exact) mass is 219 g/mol. The molecule has 3 nitrogen and oxygen atoms in total. The Balaban J connectivity index is 2.09. The molecule has 0 aromatic carbocycles. The van der Waals surface area contributed by atoms with Crippen LogP contribution in [0.4, 0.5) is 5.82 Å². The molecule has 2 atom stereocenters. The van der Waals surface area contributed by atoms with Gasteiger partial charge in [0.1, 0.15) is 5.82 Å². The molecule has 1 saturated heterocycles. The second-order valence-corrected chi connectivity index (χ2v) is 4.93. The average molecular weight is 219 g/mol. The molecule has 1 aliphatic heterocycles. The first-order valence-electron chi connectivity index (χ1n) is 6.13. The Hall–Kier alpha value is -1.09. The van der Waals surface area contributed by atoms with Gasteiger partial charge in [-0.3, -0.25) is 0 Å². The molecule has 1 fully saturated rings. The van der Waals surface area contributed by atoms with Crippen molar-refractivity contribution in [1.29, 1.82) is 0 Å². The summed E-state index contributed by atoms with van der Waals surface area (Å²) in [6.45, 7) is 6.56. The first-order chi connectivity index (χ1) is 7.66. The summed E-state index contributed by atoms with van der Waals surface area (Å²) < 4.78 is 0. The number of anilines is 1. The van der Waals surface area contributed by atoms with Crippen LogP contribution in [0.1, 0.15) is 38.3 Å². The van der Waals surface area contributed by atoms with E-state index in [-0.39, 0.29) is 6.04 Å². The summed E-state index contributed by atoms with van der Waals surface area (Å²) in [6.07, 6.45) is 4.52. The van der Waals surface area contributed by atoms with Crippen molar-refractivity contribution in [3.05, 3.63) is 23.9 Å². The lowest BCUT2D eigenvalue weighted by Crippen LogP contribution is -2.34. The number of aromatic nitrogens is 1. The third-order valence-corrected chi connectivity index (χ3v) is 3.28. The van der Waals surface area contributed by atoms with Crippen molar-refractivity contribution < 1.29 is 0 Å². The molecule has 0 aliphatic carbocycles. The van der Waals surface area contributed by atoms with Gasteiger partial charge in [-0.1, -0.05) is 13.0 Å². The van der Waals surface area contributed by atoms with Crippen molar-refractivity contribution >= 4 is 5.82 Å². The predicted octanol–water partition coefficient (Wildman–Crippen LogP) is 2.34. The highest BCUT2D eigenvalue weighted by molar-refractivity contribution is 5.40. The van der Waals surface area contributed by atoms with Gasteiger partial charge in [0.05, 0.1) is 0 Å². The van der Waals surface area contributed by atoms with E-state index in [1.165, 1.54) is 12.8 Å². The fraction of sp³-hybridized carbons (Fsp3) is 0.615. The zero-order valence-corrected chi connectivity index (χ0v) is 10.2. The maximum Gasteiger partial charge on any atom is 0.128 e. The van der Waals surface area contributed by atoms with Gasteiger partial charge >= 0.3 is 0 Å². The number of nitrogens with zero attached hydrogens (tertiary/aromatic N) is 2. The molecule has 3 heteroatoms. The Labute approximate surface area is 97.7 Å². The lowest BCUT2D eigenvalue weighted by atomic mass is 10.0. The molecule has 16 heavy (non-hydrogen) atoms. The largest absolute Gasteiger partial charge is 0.356 e. The Morgan fingerprint density at radius 2 is 2.31 bits per heavy atom. The van der Waals surface area contributed by atoms with Crippen molar-refractivity contribution in [2.75, 3.05) is 18.0 Å². The SMILES string of the molecule is CC1CCCN(c2ccc([C@@H](C)N)cn2)C1. The van der Waals surface area contributed by atoms with E-state index in [1.54, 1.807) is 0 Å². The van der Waals surface area contributed by atoms with Gasteiger partial charge in [0.15, 0.2) is 0 Å². The molecule has 1 aromatic rings. The van der Waals surface area contributed by atoms with E-state index in [9.17, 15) is 0 Å². The predicted molar refractivity (Wildman–Crippen MR) is 67.5 cm³/mol. The normalized spacial score (nSPS) is 23.2. The molecule has 0 saturated carbocycles. The first kappa shape index (κ1) is 11.4. The van der Waals surface area contributed by atoms with Crippen molar-refractivity contribution in [3.8, 4) is 0 Å². The van der Waals surface area contributed by atoms with Gasteiger partial charge in [-0.2, -0.15) is 0 Å². The lowest BCUT2D eigenvalue weighted by Gasteiger charge is -2.31. The van der Waals surface area contributed by atoms with Crippen LogP contribution in [0.15, 0.2) is 18.3 Å². The first-order valence-corrected chi connectivity index (χ1v) is 6.13. The number of rotatable bonds is 2. The summed E-state index contributed by atoms with van der Waals surface area (Å²) in [4.78, 5) is 6.88. The number of piperidine rings is 1. The summed E-state index contributed by atoms with van der Waals surface area (Å²) in [7, 11) is 0. The Morgan fingerprint density at radius 1 is 1.50 bits per heavy atom. The molecular weight excluding hydrogens is 198 g/mol. The van der Waals surface area contributed by atoms with Crippen molar-refractivity contribution in [2.45, 2.75) is 32.7 Å². The minimum atomic E-state index is 0.0711. The summed E-state index contributed by atoms with van der Waals surface area (Å²) >= 11 is 0. The van der Waals surface area contributed by atoms with Crippen LogP contribution in [-0.4, -0.2) is 18.1 Å². The maximum atomic E-state index is 5.81. The van der Waals surface area contributed by atoms with Crippen LogP contribution in [0.3, 0.4) is 0 Å². The van der Waals surface area contributed by atoms with Crippen LogP contribution < -0.4 is 10.6 Å². The van der Waals surface area contributed by atoms with E-state index >= 15 is 0 Å². The number of nitrogens with two attached hydrogens (primary N) is 1. The van der Waals surface area contributed by atoms with Crippen molar-refractivity contribution in [1.82, 2.24) is 4.98 Å². The highest BCUT2D eigenvalue weighted by Gasteiger charge is 2.17. The molecule has 88 valence electrons. The van der Waals surface area contributed by atoms with Gasteiger partial charge in [-0.05, 0) is 37.3 Å². The third kappa shape index (κ3) is 2.53. The summed E-state index contributed by atoms with van der Waals surface area (Å²) in [5, 5.41) is 0. The summed E-state index contributed by atoms with van der Waals surface area (Å²) in [5.41, 5.74) is 6.92. The molecule has 0 spiro atoms. The van der Waals surface area contributed by atoms with Gasteiger partial charge in [0.2, 0.25) is 0 Å². The maximum absolute atomic E-state index is 5.81. The van der Waals surface area contributed by atoms with Crippen LogP contribution in [-0.2, 0) is 0 Å². The zero-order valence-electron chi connectivity index (χ0n) is 10.2. The minimum absolute atomic E-state index is 0.0711. The van der Waals surface area contributed by atoms with E-state index in [0.29, 0.717) is 0 Å². The van der Waals surface area contributed by atoms with Crippen LogP contribution in [0.5, 0.6) is 0 Å². The van der Waals surface area contributed by atoms with E-state index in [1.807, 2.05) is 13.1 Å². The Kier molecular flexibility index (Phi) is 3.44. The molecule has 2 rings (SSSR count). The van der Waals surface area contributed by atoms with E-state index in [0.717, 1.165) is 30.4 Å². The standard InChI is InChI=1S/C13H21N3/c1-10-4-3-7-16(9-10)13-6-5-12(8-15-13)11(2)14/h5-6,8,10-11H,3-4,7,9,14H2,1-2H3/t10?,11-/m1/s1. The van der Waals surface area contributed by atoms with Crippen LogP contribution in [0, 0.1) is 5.92 Å². The fourth-order valence-electron chi connectivity index (χ4n) is 2.25. The quantitative estimate of drug-likeness (QED) is 0.830. The number of pyridine rings is 1. The molecule has 2 heterocycles. The molecule has 0 amide bonds. The lowest BCUT2D eigenvalue weighted by molar-refractivity contribution is 0.444.